The number of piperazine rings is 1. The fourth-order valence-electron chi connectivity index (χ4n) is 2.42. The molecular formula is C12H17ClN4S. The highest BCUT2D eigenvalue weighted by Crippen LogP contribution is 2.36. The number of hydrogen-bond donors (Lipinski definition) is 0. The molecule has 3 heterocycles. The van der Waals surface area contributed by atoms with Gasteiger partial charge in [-0.3, -0.25) is 0 Å². The zero-order valence-corrected chi connectivity index (χ0v) is 12.1. The van der Waals surface area contributed by atoms with Crippen LogP contribution in [0.2, 0.25) is 5.28 Å². The van der Waals surface area contributed by atoms with Crippen LogP contribution in [0.15, 0.2) is 4.90 Å². The van der Waals surface area contributed by atoms with Crippen LogP contribution in [0.3, 0.4) is 0 Å². The average Bonchev–Trinajstić information content (AvgIpc) is 2.38. The number of aryl methyl sites for hydroxylation is 1. The van der Waals surface area contributed by atoms with Gasteiger partial charge in [-0.2, -0.15) is 4.98 Å². The Labute approximate surface area is 117 Å². The Bertz CT molecular complexity index is 446. The van der Waals surface area contributed by atoms with Gasteiger partial charge < -0.3 is 9.80 Å². The molecule has 1 saturated heterocycles. The third-order valence-corrected chi connectivity index (χ3v) is 4.87. The summed E-state index contributed by atoms with van der Waals surface area (Å²) < 4.78 is 0. The van der Waals surface area contributed by atoms with Crippen molar-refractivity contribution < 1.29 is 0 Å². The van der Waals surface area contributed by atoms with E-state index in [1.54, 1.807) is 0 Å². The molecule has 6 heteroatoms. The summed E-state index contributed by atoms with van der Waals surface area (Å²) in [7, 11) is 2.16. The first kappa shape index (κ1) is 12.5. The van der Waals surface area contributed by atoms with Gasteiger partial charge in [0, 0.05) is 26.2 Å². The van der Waals surface area contributed by atoms with Crippen molar-refractivity contribution in [2.45, 2.75) is 17.7 Å². The van der Waals surface area contributed by atoms with Gasteiger partial charge in [-0.1, -0.05) is 0 Å². The van der Waals surface area contributed by atoms with Crippen molar-refractivity contribution >= 4 is 29.2 Å². The molecule has 0 bridgehead atoms. The van der Waals surface area contributed by atoms with E-state index in [4.69, 9.17) is 11.6 Å². The van der Waals surface area contributed by atoms with E-state index in [-0.39, 0.29) is 0 Å². The lowest BCUT2D eigenvalue weighted by molar-refractivity contribution is 0.311. The van der Waals surface area contributed by atoms with Gasteiger partial charge in [0.15, 0.2) is 0 Å². The average molecular weight is 285 g/mol. The highest BCUT2D eigenvalue weighted by Gasteiger charge is 2.24. The summed E-state index contributed by atoms with van der Waals surface area (Å²) >= 11 is 7.94. The molecule has 0 unspecified atom stereocenters. The van der Waals surface area contributed by atoms with Crippen LogP contribution in [0.25, 0.3) is 0 Å². The maximum absolute atomic E-state index is 6.06. The second kappa shape index (κ2) is 5.23. The number of halogens is 1. The molecule has 0 aromatic carbocycles. The Balaban J connectivity index is 1.93. The van der Waals surface area contributed by atoms with Crippen LogP contribution in [-0.2, 0) is 6.42 Å². The summed E-state index contributed by atoms with van der Waals surface area (Å²) in [6.45, 7) is 4.22. The third-order valence-electron chi connectivity index (χ3n) is 3.50. The molecule has 98 valence electrons. The molecule has 0 saturated carbocycles. The molecule has 1 fully saturated rings. The highest BCUT2D eigenvalue weighted by atomic mass is 35.5. The lowest BCUT2D eigenvalue weighted by Gasteiger charge is -2.34. The summed E-state index contributed by atoms with van der Waals surface area (Å²) in [5.74, 6) is 2.22. The molecule has 1 aromatic heterocycles. The number of rotatable bonds is 1. The third kappa shape index (κ3) is 2.44. The number of nitrogens with zero attached hydrogens (tertiary/aromatic N) is 4. The van der Waals surface area contributed by atoms with E-state index in [1.807, 2.05) is 11.8 Å². The number of hydrogen-bond acceptors (Lipinski definition) is 5. The zero-order valence-electron chi connectivity index (χ0n) is 10.5. The summed E-state index contributed by atoms with van der Waals surface area (Å²) in [6.07, 6.45) is 2.22. The number of likely N-dealkylation sites (N-methyl/N-ethyl adjacent to an activating group) is 1. The number of thioether (sulfide) groups is 1. The molecule has 0 amide bonds. The van der Waals surface area contributed by atoms with Gasteiger partial charge in [0.1, 0.15) is 5.82 Å². The van der Waals surface area contributed by atoms with Gasteiger partial charge in [-0.25, -0.2) is 4.98 Å². The van der Waals surface area contributed by atoms with Crippen molar-refractivity contribution in [1.29, 1.82) is 0 Å². The first-order valence-electron chi connectivity index (χ1n) is 6.37. The van der Waals surface area contributed by atoms with E-state index in [9.17, 15) is 0 Å². The minimum atomic E-state index is 0.394. The number of aromatic nitrogens is 2. The van der Waals surface area contributed by atoms with Gasteiger partial charge in [0.2, 0.25) is 5.28 Å². The Morgan fingerprint density at radius 1 is 1.17 bits per heavy atom. The second-order valence-corrected chi connectivity index (χ2v) is 6.28. The molecule has 0 radical (unpaired) electrons. The Kier molecular flexibility index (Phi) is 3.63. The maximum Gasteiger partial charge on any atom is 0.224 e. The molecule has 0 spiro atoms. The van der Waals surface area contributed by atoms with Gasteiger partial charge >= 0.3 is 0 Å². The molecule has 0 N–H and O–H groups in total. The van der Waals surface area contributed by atoms with Crippen molar-refractivity contribution in [3.8, 4) is 0 Å². The van der Waals surface area contributed by atoms with Crippen LogP contribution in [0.5, 0.6) is 0 Å². The molecular weight excluding hydrogens is 268 g/mol. The van der Waals surface area contributed by atoms with Crippen LogP contribution in [0, 0.1) is 0 Å². The summed E-state index contributed by atoms with van der Waals surface area (Å²) in [6, 6.07) is 0. The minimum Gasteiger partial charge on any atom is -0.353 e. The van der Waals surface area contributed by atoms with Crippen LogP contribution < -0.4 is 4.90 Å². The molecule has 1 aromatic rings. The predicted octanol–water partition coefficient (Wildman–Crippen LogP) is 1.92. The van der Waals surface area contributed by atoms with Gasteiger partial charge in [0.25, 0.3) is 0 Å². The number of fused-ring (bicyclic) bond motifs is 1. The van der Waals surface area contributed by atoms with Gasteiger partial charge in [0.05, 0.1) is 10.6 Å². The summed E-state index contributed by atoms with van der Waals surface area (Å²) in [5.41, 5.74) is 1.14. The Hall–Kier alpha value is -0.520. The lowest BCUT2D eigenvalue weighted by atomic mass is 10.2. The summed E-state index contributed by atoms with van der Waals surface area (Å²) in [4.78, 5) is 14.8. The normalized spacial score (nSPS) is 20.9. The molecule has 2 aliphatic heterocycles. The van der Waals surface area contributed by atoms with Crippen LogP contribution in [0.4, 0.5) is 5.82 Å². The Morgan fingerprint density at radius 3 is 2.72 bits per heavy atom. The van der Waals surface area contributed by atoms with Gasteiger partial charge in [-0.15, -0.1) is 11.8 Å². The lowest BCUT2D eigenvalue weighted by Crippen LogP contribution is -2.45. The first-order chi connectivity index (χ1) is 8.74. The smallest absolute Gasteiger partial charge is 0.224 e. The predicted molar refractivity (Wildman–Crippen MR) is 75.8 cm³/mol. The second-order valence-electron chi connectivity index (χ2n) is 4.83. The maximum atomic E-state index is 6.06. The van der Waals surface area contributed by atoms with Crippen LogP contribution >= 0.6 is 23.4 Å². The van der Waals surface area contributed by atoms with E-state index in [0.29, 0.717) is 5.28 Å². The summed E-state index contributed by atoms with van der Waals surface area (Å²) in [5, 5.41) is 0.394. The molecule has 0 aliphatic carbocycles. The molecule has 4 nitrogen and oxygen atoms in total. The van der Waals surface area contributed by atoms with Crippen molar-refractivity contribution in [2.75, 3.05) is 43.9 Å². The SMILES string of the molecule is CN1CCN(c2nc(Cl)nc3c2SCCC3)CC1. The van der Waals surface area contributed by atoms with Crippen molar-refractivity contribution in [1.82, 2.24) is 14.9 Å². The number of anilines is 1. The van der Waals surface area contributed by atoms with Crippen LogP contribution in [-0.4, -0.2) is 53.8 Å². The van der Waals surface area contributed by atoms with E-state index in [1.165, 1.54) is 17.1 Å². The van der Waals surface area contributed by atoms with Crippen molar-refractivity contribution in [3.05, 3.63) is 11.0 Å². The Morgan fingerprint density at radius 2 is 1.94 bits per heavy atom. The topological polar surface area (TPSA) is 32.3 Å². The van der Waals surface area contributed by atoms with Gasteiger partial charge in [-0.05, 0) is 37.2 Å². The van der Waals surface area contributed by atoms with E-state index >= 15 is 0 Å². The molecule has 3 rings (SSSR count). The minimum absolute atomic E-state index is 0.394. The fraction of sp³-hybridized carbons (Fsp3) is 0.667. The first-order valence-corrected chi connectivity index (χ1v) is 7.73. The quantitative estimate of drug-likeness (QED) is 0.736. The van der Waals surface area contributed by atoms with E-state index in [0.717, 1.165) is 44.1 Å². The highest BCUT2D eigenvalue weighted by molar-refractivity contribution is 7.99. The molecule has 18 heavy (non-hydrogen) atoms. The van der Waals surface area contributed by atoms with Crippen LogP contribution in [0.1, 0.15) is 12.1 Å². The van der Waals surface area contributed by atoms with E-state index < -0.39 is 0 Å². The standard InChI is InChI=1S/C12H17ClN4S/c1-16-4-6-17(7-5-16)11-10-9(3-2-8-18-10)14-12(13)15-11/h2-8H2,1H3. The monoisotopic (exact) mass is 284 g/mol. The van der Waals surface area contributed by atoms with Crippen molar-refractivity contribution in [3.63, 3.8) is 0 Å². The molecule has 0 atom stereocenters. The fourth-order valence-corrected chi connectivity index (χ4v) is 3.71. The largest absolute Gasteiger partial charge is 0.353 e. The van der Waals surface area contributed by atoms with E-state index in [2.05, 4.69) is 26.8 Å². The van der Waals surface area contributed by atoms with Crippen molar-refractivity contribution in [2.24, 2.45) is 0 Å². The molecule has 2 aliphatic rings. The zero-order chi connectivity index (χ0) is 12.5.